The van der Waals surface area contributed by atoms with Crippen LogP contribution in [-0.4, -0.2) is 40.5 Å². The van der Waals surface area contributed by atoms with Gasteiger partial charge in [0.15, 0.2) is 5.82 Å². The average Bonchev–Trinajstić information content (AvgIpc) is 2.75. The van der Waals surface area contributed by atoms with Crippen molar-refractivity contribution in [1.29, 1.82) is 0 Å². The van der Waals surface area contributed by atoms with E-state index in [9.17, 15) is 4.39 Å². The molecule has 0 saturated carbocycles. The lowest BCUT2D eigenvalue weighted by molar-refractivity contribution is 0.257. The maximum atomic E-state index is 14.4. The second kappa shape index (κ2) is 10.3. The van der Waals surface area contributed by atoms with Crippen LogP contribution in [0.3, 0.4) is 0 Å². The summed E-state index contributed by atoms with van der Waals surface area (Å²) in [5.41, 5.74) is 5.27. The maximum Gasteiger partial charge on any atom is 0.151 e. The third kappa shape index (κ3) is 5.45. The summed E-state index contributed by atoms with van der Waals surface area (Å²) >= 11 is 0. The number of rotatable bonds is 7. The summed E-state index contributed by atoms with van der Waals surface area (Å²) in [5.74, 6) is -0.340. The van der Waals surface area contributed by atoms with E-state index in [2.05, 4.69) is 64.5 Å². The van der Waals surface area contributed by atoms with Gasteiger partial charge in [0.1, 0.15) is 5.52 Å². The van der Waals surface area contributed by atoms with Gasteiger partial charge in [0.2, 0.25) is 0 Å². The highest BCUT2D eigenvalue weighted by Gasteiger charge is 2.20. The minimum absolute atomic E-state index is 0.308. The number of allylic oxidation sites excluding steroid dienone is 4. The van der Waals surface area contributed by atoms with Gasteiger partial charge in [-0.15, -0.1) is 0 Å². The molecule has 2 N–H and O–H groups in total. The summed E-state index contributed by atoms with van der Waals surface area (Å²) in [6.07, 6.45) is 10.6. The highest BCUT2D eigenvalue weighted by molar-refractivity contribution is 5.75. The maximum absolute atomic E-state index is 14.4. The number of nitrogens with zero attached hydrogens (tertiary/aromatic N) is 3. The van der Waals surface area contributed by atoms with Crippen molar-refractivity contribution in [1.82, 2.24) is 25.5 Å². The molecule has 1 aliphatic rings. The fraction of sp³-hybridized carbons (Fsp3) is 0.417. The third-order valence-electron chi connectivity index (χ3n) is 5.43. The normalized spacial score (nSPS) is 18.8. The first-order valence-electron chi connectivity index (χ1n) is 10.7. The Bertz CT molecular complexity index is 963. The van der Waals surface area contributed by atoms with Gasteiger partial charge in [-0.2, -0.15) is 0 Å². The molecule has 1 unspecified atom stereocenters. The molecule has 0 spiro atoms. The molecule has 6 heteroatoms. The van der Waals surface area contributed by atoms with Crippen molar-refractivity contribution >= 4 is 11.0 Å². The lowest BCUT2D eigenvalue weighted by Crippen LogP contribution is -2.49. The zero-order valence-electron chi connectivity index (χ0n) is 18.4. The van der Waals surface area contributed by atoms with E-state index in [-0.39, 0.29) is 5.82 Å². The predicted octanol–water partition coefficient (Wildman–Crippen LogP) is 4.30. The van der Waals surface area contributed by atoms with Crippen LogP contribution in [-0.2, 0) is 6.54 Å². The number of halogens is 1. The van der Waals surface area contributed by atoms with Crippen LogP contribution in [0, 0.1) is 5.82 Å². The van der Waals surface area contributed by atoms with Crippen LogP contribution in [0.5, 0.6) is 0 Å². The van der Waals surface area contributed by atoms with Crippen LogP contribution in [0.4, 0.5) is 4.39 Å². The molecule has 0 radical (unpaired) electrons. The quantitative estimate of drug-likeness (QED) is 0.668. The first-order valence-corrected chi connectivity index (χ1v) is 10.7. The highest BCUT2D eigenvalue weighted by atomic mass is 19.1. The molecular weight excluding hydrogens is 377 g/mol. The second-order valence-electron chi connectivity index (χ2n) is 7.78. The van der Waals surface area contributed by atoms with Gasteiger partial charge in [0, 0.05) is 44.6 Å². The fourth-order valence-electron chi connectivity index (χ4n) is 3.58. The Kier molecular flexibility index (Phi) is 7.57. The summed E-state index contributed by atoms with van der Waals surface area (Å²) in [6.45, 7) is 11.9. The van der Waals surface area contributed by atoms with E-state index in [4.69, 9.17) is 0 Å². The summed E-state index contributed by atoms with van der Waals surface area (Å²) in [5, 5.41) is 7.02. The van der Waals surface area contributed by atoms with Gasteiger partial charge in [0.05, 0.1) is 16.9 Å². The number of piperazine rings is 1. The molecule has 3 rings (SSSR count). The van der Waals surface area contributed by atoms with Gasteiger partial charge in [-0.3, -0.25) is 4.98 Å². The highest BCUT2D eigenvalue weighted by Crippen LogP contribution is 2.20. The Hall–Kier alpha value is -2.73. The van der Waals surface area contributed by atoms with E-state index in [0.717, 1.165) is 37.3 Å². The lowest BCUT2D eigenvalue weighted by Gasteiger charge is -2.36. The fourth-order valence-corrected chi connectivity index (χ4v) is 3.58. The van der Waals surface area contributed by atoms with Crippen LogP contribution >= 0.6 is 0 Å². The van der Waals surface area contributed by atoms with Crippen LogP contribution in [0.25, 0.3) is 11.0 Å². The van der Waals surface area contributed by atoms with Gasteiger partial charge >= 0.3 is 0 Å². The number of aromatic nitrogens is 2. The van der Waals surface area contributed by atoms with Gasteiger partial charge in [-0.25, -0.2) is 9.37 Å². The summed E-state index contributed by atoms with van der Waals surface area (Å²) in [4.78, 5) is 10.7. The molecular formula is C24H32FN5. The molecule has 5 nitrogen and oxygen atoms in total. The van der Waals surface area contributed by atoms with Crippen LogP contribution < -0.4 is 10.6 Å². The summed E-state index contributed by atoms with van der Waals surface area (Å²) in [7, 11) is 0. The molecule has 0 bridgehead atoms. The van der Waals surface area contributed by atoms with Crippen molar-refractivity contribution < 1.29 is 4.39 Å². The minimum atomic E-state index is -0.340. The molecule has 1 aromatic carbocycles. The molecule has 1 aliphatic heterocycles. The molecule has 0 aliphatic carbocycles. The largest absolute Gasteiger partial charge is 0.380 e. The second-order valence-corrected chi connectivity index (χ2v) is 7.78. The predicted molar refractivity (Wildman–Crippen MR) is 121 cm³/mol. The molecule has 1 fully saturated rings. The number of benzene rings is 1. The summed E-state index contributed by atoms with van der Waals surface area (Å²) < 4.78 is 14.4. The van der Waals surface area contributed by atoms with Crippen molar-refractivity contribution in [2.45, 2.75) is 46.7 Å². The first-order chi connectivity index (χ1) is 14.5. The zero-order valence-corrected chi connectivity index (χ0v) is 18.4. The number of fused-ring (bicyclic) bond motifs is 1. The van der Waals surface area contributed by atoms with Crippen molar-refractivity contribution in [3.63, 3.8) is 0 Å². The molecule has 30 heavy (non-hydrogen) atoms. The van der Waals surface area contributed by atoms with Gasteiger partial charge in [-0.1, -0.05) is 24.6 Å². The van der Waals surface area contributed by atoms with E-state index in [0.29, 0.717) is 23.6 Å². The Balaban J connectivity index is 1.83. The standard InChI is InChI=1S/C24H32FN5/c1-5-17(3)7-8-23(30-12-11-26-18(4)16-30)21(6-2)29-15-19-13-20(25)24-22(14-19)27-9-10-28-24/h6-10,13-14,18,26,29H,5,11-12,15-16H2,1-4H3/b17-7+,21-6+,23-8+. The Morgan fingerprint density at radius 3 is 2.83 bits per heavy atom. The van der Waals surface area contributed by atoms with E-state index in [1.807, 2.05) is 13.0 Å². The van der Waals surface area contributed by atoms with Gasteiger partial charge in [0.25, 0.3) is 0 Å². The SMILES string of the molecule is C\C=C(NCc1cc(F)c2nccnc2c1)/C(=C\C=C(/C)CC)N1CCNC(C)C1. The molecule has 1 aromatic heterocycles. The van der Waals surface area contributed by atoms with E-state index in [1.54, 1.807) is 6.20 Å². The van der Waals surface area contributed by atoms with E-state index in [1.165, 1.54) is 23.5 Å². The molecule has 2 aromatic rings. The lowest BCUT2D eigenvalue weighted by atomic mass is 10.1. The molecule has 0 amide bonds. The third-order valence-corrected chi connectivity index (χ3v) is 5.43. The molecule has 1 saturated heterocycles. The Morgan fingerprint density at radius 2 is 2.10 bits per heavy atom. The van der Waals surface area contributed by atoms with Crippen molar-refractivity contribution in [3.8, 4) is 0 Å². The first kappa shape index (κ1) is 22.0. The molecule has 1 atom stereocenters. The molecule has 2 heterocycles. The average molecular weight is 410 g/mol. The number of hydrogen-bond acceptors (Lipinski definition) is 5. The van der Waals surface area contributed by atoms with Crippen molar-refractivity contribution in [3.05, 3.63) is 71.1 Å². The number of hydrogen-bond donors (Lipinski definition) is 2. The van der Waals surface area contributed by atoms with Crippen molar-refractivity contribution in [2.24, 2.45) is 0 Å². The van der Waals surface area contributed by atoms with Gasteiger partial charge < -0.3 is 15.5 Å². The Morgan fingerprint density at radius 1 is 1.30 bits per heavy atom. The van der Waals surface area contributed by atoms with Gasteiger partial charge in [-0.05, 0) is 51.0 Å². The monoisotopic (exact) mass is 409 g/mol. The van der Waals surface area contributed by atoms with Crippen LogP contribution in [0.1, 0.15) is 39.7 Å². The minimum Gasteiger partial charge on any atom is -0.380 e. The Labute approximate surface area is 178 Å². The van der Waals surface area contributed by atoms with Crippen molar-refractivity contribution in [2.75, 3.05) is 19.6 Å². The summed E-state index contributed by atoms with van der Waals surface area (Å²) in [6, 6.07) is 3.86. The van der Waals surface area contributed by atoms with Crippen LogP contribution in [0.15, 0.2) is 59.7 Å². The van der Waals surface area contributed by atoms with E-state index < -0.39 is 0 Å². The molecule has 160 valence electrons. The topological polar surface area (TPSA) is 53.1 Å². The smallest absolute Gasteiger partial charge is 0.151 e. The zero-order chi connectivity index (χ0) is 21.5. The number of nitrogens with one attached hydrogen (secondary N) is 2. The van der Waals surface area contributed by atoms with Crippen LogP contribution in [0.2, 0.25) is 0 Å². The van der Waals surface area contributed by atoms with E-state index >= 15 is 0 Å².